The highest BCUT2D eigenvalue weighted by molar-refractivity contribution is 6.03. The minimum absolute atomic E-state index is 0.0596. The summed E-state index contributed by atoms with van der Waals surface area (Å²) in [5, 5.41) is 4.55. The van der Waals surface area contributed by atoms with Crippen LogP contribution in [-0.2, 0) is 14.3 Å². The molecule has 22 heavy (non-hydrogen) atoms. The fourth-order valence-electron chi connectivity index (χ4n) is 2.06. The van der Waals surface area contributed by atoms with Crippen LogP contribution in [0.15, 0.2) is 12.1 Å². The van der Waals surface area contributed by atoms with E-state index in [0.29, 0.717) is 19.2 Å². The highest BCUT2D eigenvalue weighted by Gasteiger charge is 2.19. The molecule has 1 aliphatic heterocycles. The van der Waals surface area contributed by atoms with E-state index in [9.17, 15) is 22.8 Å². The van der Waals surface area contributed by atoms with Crippen LogP contribution in [0.25, 0.3) is 0 Å². The molecular weight excluding hydrogens is 301 g/mol. The number of hydrogen-bond acceptors (Lipinski definition) is 3. The molecular formula is C14H15F3N2O3. The monoisotopic (exact) mass is 316 g/mol. The Balaban J connectivity index is 1.82. The average molecular weight is 316 g/mol. The zero-order chi connectivity index (χ0) is 16.1. The van der Waals surface area contributed by atoms with E-state index in [1.807, 2.05) is 5.32 Å². The summed E-state index contributed by atoms with van der Waals surface area (Å²) < 4.78 is 44.4. The molecule has 1 saturated heterocycles. The predicted molar refractivity (Wildman–Crippen MR) is 71.5 cm³/mol. The normalized spacial score (nSPS) is 17.3. The largest absolute Gasteiger partial charge is 0.376 e. The molecule has 0 aromatic heterocycles. The summed E-state index contributed by atoms with van der Waals surface area (Å²) in [4.78, 5) is 23.1. The quantitative estimate of drug-likeness (QED) is 0.642. The number of halogens is 3. The Labute approximate surface area is 124 Å². The standard InChI is InChI=1S/C14H15F3N2O3/c15-9-3-4-10(14(17)13(9)16)19-12(21)6-11(20)18-7-8-2-1-5-22-8/h3-4,8H,1-2,5-7H2,(H,18,20)(H,19,21). The minimum Gasteiger partial charge on any atom is -0.376 e. The lowest BCUT2D eigenvalue weighted by Crippen LogP contribution is -2.34. The Bertz CT molecular complexity index is 575. The van der Waals surface area contributed by atoms with Crippen molar-refractivity contribution in [3.05, 3.63) is 29.6 Å². The van der Waals surface area contributed by atoms with Gasteiger partial charge in [0, 0.05) is 13.2 Å². The lowest BCUT2D eigenvalue weighted by Gasteiger charge is -2.11. The molecule has 1 fully saturated rings. The van der Waals surface area contributed by atoms with Crippen LogP contribution in [0.5, 0.6) is 0 Å². The number of amides is 2. The zero-order valence-electron chi connectivity index (χ0n) is 11.6. The summed E-state index contributed by atoms with van der Waals surface area (Å²) in [6.45, 7) is 0.947. The number of benzene rings is 1. The summed E-state index contributed by atoms with van der Waals surface area (Å²) in [7, 11) is 0. The third kappa shape index (κ3) is 4.20. The fourth-order valence-corrected chi connectivity index (χ4v) is 2.06. The molecule has 120 valence electrons. The molecule has 1 aromatic rings. The Morgan fingerprint density at radius 3 is 2.64 bits per heavy atom. The van der Waals surface area contributed by atoms with E-state index < -0.39 is 41.4 Å². The summed E-state index contributed by atoms with van der Waals surface area (Å²) in [5.74, 6) is -5.93. The maximum atomic E-state index is 13.4. The predicted octanol–water partition coefficient (Wildman–Crippen LogP) is 1.73. The van der Waals surface area contributed by atoms with Crippen molar-refractivity contribution in [3.63, 3.8) is 0 Å². The molecule has 1 heterocycles. The van der Waals surface area contributed by atoms with Crippen LogP contribution < -0.4 is 10.6 Å². The second-order valence-corrected chi connectivity index (χ2v) is 4.89. The lowest BCUT2D eigenvalue weighted by atomic mass is 10.2. The number of hydrogen-bond donors (Lipinski definition) is 2. The van der Waals surface area contributed by atoms with E-state index in [-0.39, 0.29) is 6.10 Å². The Hall–Kier alpha value is -2.09. The SMILES string of the molecule is O=C(CC(=O)Nc1ccc(F)c(F)c1F)NCC1CCCO1. The van der Waals surface area contributed by atoms with E-state index in [1.54, 1.807) is 0 Å². The summed E-state index contributed by atoms with van der Waals surface area (Å²) in [6, 6.07) is 1.57. The van der Waals surface area contributed by atoms with Gasteiger partial charge >= 0.3 is 0 Å². The molecule has 0 saturated carbocycles. The number of rotatable bonds is 5. The number of ether oxygens (including phenoxy) is 1. The number of carbonyl (C=O) groups excluding carboxylic acids is 2. The Morgan fingerprint density at radius 1 is 1.18 bits per heavy atom. The molecule has 1 aromatic carbocycles. The molecule has 8 heteroatoms. The van der Waals surface area contributed by atoms with Crippen molar-refractivity contribution in [2.75, 3.05) is 18.5 Å². The van der Waals surface area contributed by atoms with Crippen molar-refractivity contribution in [2.24, 2.45) is 0 Å². The maximum absolute atomic E-state index is 13.4. The zero-order valence-corrected chi connectivity index (χ0v) is 11.6. The van der Waals surface area contributed by atoms with Gasteiger partial charge in [0.15, 0.2) is 17.5 Å². The molecule has 2 rings (SSSR count). The second kappa shape index (κ2) is 7.26. The average Bonchev–Trinajstić information content (AvgIpc) is 2.99. The first-order valence-corrected chi connectivity index (χ1v) is 6.79. The first kappa shape index (κ1) is 16.3. The highest BCUT2D eigenvalue weighted by Crippen LogP contribution is 2.19. The van der Waals surface area contributed by atoms with Crippen molar-refractivity contribution in [2.45, 2.75) is 25.4 Å². The van der Waals surface area contributed by atoms with Gasteiger partial charge in [0.1, 0.15) is 6.42 Å². The van der Waals surface area contributed by atoms with Crippen LogP contribution in [0.4, 0.5) is 18.9 Å². The molecule has 2 amide bonds. The van der Waals surface area contributed by atoms with Gasteiger partial charge in [0.2, 0.25) is 11.8 Å². The van der Waals surface area contributed by atoms with Crippen molar-refractivity contribution < 1.29 is 27.5 Å². The molecule has 5 nitrogen and oxygen atoms in total. The number of nitrogens with one attached hydrogen (secondary N) is 2. The molecule has 2 N–H and O–H groups in total. The second-order valence-electron chi connectivity index (χ2n) is 4.89. The van der Waals surface area contributed by atoms with E-state index in [1.165, 1.54) is 0 Å². The molecule has 0 aliphatic carbocycles. The molecule has 1 unspecified atom stereocenters. The topological polar surface area (TPSA) is 67.4 Å². The van der Waals surface area contributed by atoms with Gasteiger partial charge in [-0.3, -0.25) is 9.59 Å². The first-order chi connectivity index (χ1) is 10.5. The molecule has 0 bridgehead atoms. The van der Waals surface area contributed by atoms with Gasteiger partial charge in [0.25, 0.3) is 0 Å². The van der Waals surface area contributed by atoms with Crippen LogP contribution >= 0.6 is 0 Å². The van der Waals surface area contributed by atoms with Gasteiger partial charge in [0.05, 0.1) is 11.8 Å². The van der Waals surface area contributed by atoms with E-state index in [2.05, 4.69) is 5.32 Å². The number of carbonyl (C=O) groups is 2. The summed E-state index contributed by atoms with van der Waals surface area (Å²) in [5.41, 5.74) is -0.518. The van der Waals surface area contributed by atoms with E-state index in [4.69, 9.17) is 4.74 Å². The van der Waals surface area contributed by atoms with Gasteiger partial charge in [-0.2, -0.15) is 0 Å². The van der Waals surface area contributed by atoms with E-state index >= 15 is 0 Å². The lowest BCUT2D eigenvalue weighted by molar-refractivity contribution is -0.127. The van der Waals surface area contributed by atoms with Crippen molar-refractivity contribution in [3.8, 4) is 0 Å². The first-order valence-electron chi connectivity index (χ1n) is 6.79. The van der Waals surface area contributed by atoms with Crippen LogP contribution in [0.2, 0.25) is 0 Å². The van der Waals surface area contributed by atoms with Gasteiger partial charge in [-0.25, -0.2) is 13.2 Å². The van der Waals surface area contributed by atoms with Gasteiger partial charge < -0.3 is 15.4 Å². The highest BCUT2D eigenvalue weighted by atomic mass is 19.2. The van der Waals surface area contributed by atoms with Gasteiger partial charge in [-0.1, -0.05) is 0 Å². The van der Waals surface area contributed by atoms with E-state index in [0.717, 1.165) is 18.9 Å². The van der Waals surface area contributed by atoms with Crippen LogP contribution in [0, 0.1) is 17.5 Å². The Kier molecular flexibility index (Phi) is 5.37. The van der Waals surface area contributed by atoms with Crippen LogP contribution in [0.1, 0.15) is 19.3 Å². The van der Waals surface area contributed by atoms with Crippen molar-refractivity contribution >= 4 is 17.5 Å². The minimum atomic E-state index is -1.68. The summed E-state index contributed by atoms with van der Waals surface area (Å²) in [6.07, 6.45) is 1.16. The van der Waals surface area contributed by atoms with Gasteiger partial charge in [-0.15, -0.1) is 0 Å². The smallest absolute Gasteiger partial charge is 0.233 e. The third-order valence-electron chi connectivity index (χ3n) is 3.18. The van der Waals surface area contributed by atoms with Crippen molar-refractivity contribution in [1.82, 2.24) is 5.32 Å². The number of anilines is 1. The molecule has 1 atom stereocenters. The van der Waals surface area contributed by atoms with Crippen molar-refractivity contribution in [1.29, 1.82) is 0 Å². The van der Waals surface area contributed by atoms with Gasteiger partial charge in [-0.05, 0) is 25.0 Å². The van der Waals surface area contributed by atoms with Crippen LogP contribution in [0.3, 0.4) is 0 Å². The summed E-state index contributed by atoms with van der Waals surface area (Å²) >= 11 is 0. The molecule has 1 aliphatic rings. The third-order valence-corrected chi connectivity index (χ3v) is 3.18. The Morgan fingerprint density at radius 2 is 1.95 bits per heavy atom. The molecule has 0 radical (unpaired) electrons. The fraction of sp³-hybridized carbons (Fsp3) is 0.429. The maximum Gasteiger partial charge on any atom is 0.233 e. The molecule has 0 spiro atoms. The van der Waals surface area contributed by atoms with Crippen LogP contribution in [-0.4, -0.2) is 31.1 Å².